The quantitative estimate of drug-likeness (QED) is 0.743. The molecule has 0 aliphatic heterocycles. The molecule has 0 heterocycles. The lowest BCUT2D eigenvalue weighted by Crippen LogP contribution is -2.37. The van der Waals surface area contributed by atoms with Crippen LogP contribution in [0.3, 0.4) is 0 Å². The van der Waals surface area contributed by atoms with Crippen LogP contribution in [0.1, 0.15) is 13.3 Å². The van der Waals surface area contributed by atoms with Gasteiger partial charge in [-0.15, -0.1) is 0 Å². The minimum Gasteiger partial charge on any atom is -0.495 e. The predicted octanol–water partition coefficient (Wildman–Crippen LogP) is 1.94. The number of esters is 1. The van der Waals surface area contributed by atoms with Gasteiger partial charge in [0.05, 0.1) is 25.3 Å². The van der Waals surface area contributed by atoms with Gasteiger partial charge in [0.25, 0.3) is 5.91 Å². The smallest absolute Gasteiger partial charge is 0.309 e. The van der Waals surface area contributed by atoms with Gasteiger partial charge in [0.15, 0.2) is 6.61 Å². The van der Waals surface area contributed by atoms with Crippen LogP contribution in [0.25, 0.3) is 0 Å². The van der Waals surface area contributed by atoms with Crippen molar-refractivity contribution in [1.82, 2.24) is 4.90 Å². The van der Waals surface area contributed by atoms with E-state index in [4.69, 9.17) is 21.1 Å². The van der Waals surface area contributed by atoms with E-state index in [0.29, 0.717) is 22.4 Å². The lowest BCUT2D eigenvalue weighted by atomic mass is 10.3. The van der Waals surface area contributed by atoms with Gasteiger partial charge in [0.2, 0.25) is 5.91 Å². The van der Waals surface area contributed by atoms with E-state index in [1.54, 1.807) is 18.2 Å². The molecule has 0 saturated heterocycles. The van der Waals surface area contributed by atoms with Crippen molar-refractivity contribution >= 4 is 35.1 Å². The first-order valence-corrected chi connectivity index (χ1v) is 8.23. The first-order valence-electron chi connectivity index (χ1n) is 7.85. The van der Waals surface area contributed by atoms with Crippen molar-refractivity contribution in [2.45, 2.75) is 13.3 Å². The number of likely N-dealkylation sites (N-methyl/N-ethyl adjacent to an activating group) is 1. The molecule has 7 nitrogen and oxygen atoms in total. The van der Waals surface area contributed by atoms with Gasteiger partial charge >= 0.3 is 5.97 Å². The number of nitrogens with zero attached hydrogens (tertiary/aromatic N) is 1. The SMILES string of the molecule is COc1ccc(Cl)cc1NC(=O)CN(C)C(=O)COC(=O)[C@H]1C[C@@H]1C. The van der Waals surface area contributed by atoms with Gasteiger partial charge in [-0.3, -0.25) is 14.4 Å². The van der Waals surface area contributed by atoms with Gasteiger partial charge in [-0.05, 0) is 30.5 Å². The normalized spacial score (nSPS) is 18.2. The Morgan fingerprint density at radius 3 is 2.64 bits per heavy atom. The molecule has 0 spiro atoms. The van der Waals surface area contributed by atoms with E-state index in [0.717, 1.165) is 6.42 Å². The second-order valence-corrected chi connectivity index (χ2v) is 6.51. The molecular formula is C17H21ClN2O5. The van der Waals surface area contributed by atoms with Gasteiger partial charge in [0.1, 0.15) is 5.75 Å². The summed E-state index contributed by atoms with van der Waals surface area (Å²) >= 11 is 5.91. The maximum Gasteiger partial charge on any atom is 0.309 e. The molecular weight excluding hydrogens is 348 g/mol. The zero-order valence-electron chi connectivity index (χ0n) is 14.4. The fraction of sp³-hybridized carbons (Fsp3) is 0.471. The standard InChI is InChI=1S/C17H21ClN2O5/c1-10-6-12(10)17(23)25-9-16(22)20(2)8-15(21)19-13-7-11(18)4-5-14(13)24-3/h4-5,7,10,12H,6,8-9H2,1-3H3,(H,19,21)/t10-,12-/m0/s1. The third-order valence-electron chi connectivity index (χ3n) is 3.99. The van der Waals surface area contributed by atoms with Gasteiger partial charge in [0, 0.05) is 12.1 Å². The number of hydrogen-bond acceptors (Lipinski definition) is 5. The van der Waals surface area contributed by atoms with E-state index < -0.39 is 11.8 Å². The summed E-state index contributed by atoms with van der Waals surface area (Å²) in [5.74, 6) is -0.550. The number of methoxy groups -OCH3 is 1. The van der Waals surface area contributed by atoms with Crippen LogP contribution in [-0.4, -0.2) is 50.0 Å². The number of benzene rings is 1. The van der Waals surface area contributed by atoms with Crippen molar-refractivity contribution in [2.75, 3.05) is 32.6 Å². The fourth-order valence-electron chi connectivity index (χ4n) is 2.27. The molecule has 2 rings (SSSR count). The molecule has 0 aromatic heterocycles. The molecule has 0 unspecified atom stereocenters. The average molecular weight is 369 g/mol. The molecule has 1 aromatic carbocycles. The van der Waals surface area contributed by atoms with Crippen LogP contribution in [0, 0.1) is 11.8 Å². The Balaban J connectivity index is 1.82. The molecule has 2 atom stereocenters. The molecule has 0 radical (unpaired) electrons. The monoisotopic (exact) mass is 368 g/mol. The predicted molar refractivity (Wildman–Crippen MR) is 92.5 cm³/mol. The molecule has 0 bridgehead atoms. The lowest BCUT2D eigenvalue weighted by Gasteiger charge is -2.17. The Morgan fingerprint density at radius 2 is 2.04 bits per heavy atom. The van der Waals surface area contributed by atoms with Crippen molar-refractivity contribution in [3.05, 3.63) is 23.2 Å². The lowest BCUT2D eigenvalue weighted by molar-refractivity contribution is -0.153. The van der Waals surface area contributed by atoms with Crippen LogP contribution in [0.2, 0.25) is 5.02 Å². The summed E-state index contributed by atoms with van der Waals surface area (Å²) in [7, 11) is 2.94. The summed E-state index contributed by atoms with van der Waals surface area (Å²) < 4.78 is 10.1. The highest BCUT2D eigenvalue weighted by Crippen LogP contribution is 2.38. The van der Waals surface area contributed by atoms with Crippen molar-refractivity contribution in [1.29, 1.82) is 0 Å². The van der Waals surface area contributed by atoms with Crippen molar-refractivity contribution in [3.8, 4) is 5.75 Å². The maximum atomic E-state index is 12.1. The minimum atomic E-state index is -0.449. The first kappa shape index (κ1) is 19.1. The second kappa shape index (κ2) is 8.20. The molecule has 136 valence electrons. The third-order valence-corrected chi connectivity index (χ3v) is 4.23. The van der Waals surface area contributed by atoms with E-state index >= 15 is 0 Å². The summed E-state index contributed by atoms with van der Waals surface area (Å²) in [5.41, 5.74) is 0.412. The van der Waals surface area contributed by atoms with E-state index in [2.05, 4.69) is 5.32 Å². The topological polar surface area (TPSA) is 84.9 Å². The first-order chi connectivity index (χ1) is 11.8. The molecule has 1 N–H and O–H groups in total. The second-order valence-electron chi connectivity index (χ2n) is 6.07. The summed E-state index contributed by atoms with van der Waals surface area (Å²) in [4.78, 5) is 36.9. The van der Waals surface area contributed by atoms with E-state index in [1.807, 2.05) is 6.92 Å². The minimum absolute atomic E-state index is 0.100. The summed E-state index contributed by atoms with van der Waals surface area (Å²) in [6, 6.07) is 4.82. The molecule has 8 heteroatoms. The van der Waals surface area contributed by atoms with E-state index in [9.17, 15) is 14.4 Å². The highest BCUT2D eigenvalue weighted by Gasteiger charge is 2.40. The number of hydrogen-bond donors (Lipinski definition) is 1. The van der Waals surface area contributed by atoms with Crippen LogP contribution in [0.15, 0.2) is 18.2 Å². The van der Waals surface area contributed by atoms with Gasteiger partial charge in [-0.25, -0.2) is 0 Å². The van der Waals surface area contributed by atoms with Crippen LogP contribution < -0.4 is 10.1 Å². The molecule has 25 heavy (non-hydrogen) atoms. The van der Waals surface area contributed by atoms with E-state index in [1.165, 1.54) is 19.1 Å². The van der Waals surface area contributed by atoms with Crippen LogP contribution in [-0.2, 0) is 19.1 Å². The number of amides is 2. The van der Waals surface area contributed by atoms with Crippen molar-refractivity contribution in [2.24, 2.45) is 11.8 Å². The summed E-state index contributed by atoms with van der Waals surface area (Å²) in [5, 5.41) is 3.08. The summed E-state index contributed by atoms with van der Waals surface area (Å²) in [6.07, 6.45) is 0.798. The molecule has 2 amide bonds. The number of anilines is 1. The molecule has 1 aliphatic carbocycles. The van der Waals surface area contributed by atoms with Crippen LogP contribution in [0.5, 0.6) is 5.75 Å². The third kappa shape index (κ3) is 5.35. The number of carbonyl (C=O) groups excluding carboxylic acids is 3. The Bertz CT molecular complexity index is 679. The number of carbonyl (C=O) groups is 3. The maximum absolute atomic E-state index is 12.1. The number of ether oxygens (including phenoxy) is 2. The Labute approximate surface area is 151 Å². The summed E-state index contributed by atoms with van der Waals surface area (Å²) in [6.45, 7) is 1.40. The van der Waals surface area contributed by atoms with Gasteiger partial charge in [-0.2, -0.15) is 0 Å². The number of halogens is 1. The zero-order valence-corrected chi connectivity index (χ0v) is 15.1. The van der Waals surface area contributed by atoms with Gasteiger partial charge in [-0.1, -0.05) is 18.5 Å². The van der Waals surface area contributed by atoms with E-state index in [-0.39, 0.29) is 25.0 Å². The molecule has 1 fully saturated rings. The highest BCUT2D eigenvalue weighted by atomic mass is 35.5. The largest absolute Gasteiger partial charge is 0.495 e. The van der Waals surface area contributed by atoms with Crippen LogP contribution >= 0.6 is 11.6 Å². The molecule has 1 aromatic rings. The Hall–Kier alpha value is -2.28. The highest BCUT2D eigenvalue weighted by molar-refractivity contribution is 6.31. The van der Waals surface area contributed by atoms with Crippen LogP contribution in [0.4, 0.5) is 5.69 Å². The number of nitrogens with one attached hydrogen (secondary N) is 1. The Kier molecular flexibility index (Phi) is 6.25. The average Bonchev–Trinajstić information content (AvgIpc) is 3.29. The molecule has 1 aliphatic rings. The van der Waals surface area contributed by atoms with Crippen molar-refractivity contribution in [3.63, 3.8) is 0 Å². The zero-order chi connectivity index (χ0) is 18.6. The van der Waals surface area contributed by atoms with Crippen molar-refractivity contribution < 1.29 is 23.9 Å². The Morgan fingerprint density at radius 1 is 1.36 bits per heavy atom. The van der Waals surface area contributed by atoms with Gasteiger partial charge < -0.3 is 19.7 Å². The number of rotatable bonds is 7. The molecule has 1 saturated carbocycles. The fourth-order valence-corrected chi connectivity index (χ4v) is 2.44.